The molecule has 7 heteroatoms. The van der Waals surface area contributed by atoms with Crippen molar-refractivity contribution >= 4 is 24.8 Å². The summed E-state index contributed by atoms with van der Waals surface area (Å²) in [5.41, 5.74) is 1.18. The van der Waals surface area contributed by atoms with Gasteiger partial charge in [0.25, 0.3) is 0 Å². The van der Waals surface area contributed by atoms with Crippen LogP contribution in [0.2, 0.25) is 0 Å². The van der Waals surface area contributed by atoms with Crippen LogP contribution in [0.1, 0.15) is 31.9 Å². The molecule has 1 aromatic rings. The number of halogens is 2. The third-order valence-electron chi connectivity index (χ3n) is 4.38. The van der Waals surface area contributed by atoms with Gasteiger partial charge in [-0.2, -0.15) is 0 Å². The molecule has 1 saturated heterocycles. The van der Waals surface area contributed by atoms with Gasteiger partial charge in [0, 0.05) is 37.8 Å². The standard InChI is InChI=1S/C18H30N2O3.2ClH/c1-13(2)12-15(20-10-8-19-9-11-20)14-6-7-16(21-3)18(23-5)17(14)22-4;;/h6-7,13,15,19H,8-12H2,1-5H3;2*1H/t15-;;/m1../s1. The van der Waals surface area contributed by atoms with Crippen molar-refractivity contribution in [2.24, 2.45) is 5.92 Å². The van der Waals surface area contributed by atoms with Crippen LogP contribution in [0.3, 0.4) is 0 Å². The number of methoxy groups -OCH3 is 3. The van der Waals surface area contributed by atoms with Crippen LogP contribution in [0.5, 0.6) is 17.2 Å². The molecule has 1 aromatic carbocycles. The van der Waals surface area contributed by atoms with Crippen molar-refractivity contribution in [1.82, 2.24) is 10.2 Å². The number of nitrogens with one attached hydrogen (secondary N) is 1. The molecule has 0 aliphatic carbocycles. The van der Waals surface area contributed by atoms with Gasteiger partial charge >= 0.3 is 0 Å². The molecular weight excluding hydrogens is 363 g/mol. The molecule has 2 rings (SSSR count). The molecule has 1 aliphatic rings. The maximum absolute atomic E-state index is 5.72. The fraction of sp³-hybridized carbons (Fsp3) is 0.667. The van der Waals surface area contributed by atoms with Gasteiger partial charge in [0.15, 0.2) is 11.5 Å². The van der Waals surface area contributed by atoms with Crippen molar-refractivity contribution in [1.29, 1.82) is 0 Å². The third kappa shape index (κ3) is 5.81. The number of rotatable bonds is 7. The summed E-state index contributed by atoms with van der Waals surface area (Å²) in [5, 5.41) is 3.43. The second-order valence-electron chi connectivity index (χ2n) is 6.35. The Morgan fingerprint density at radius 3 is 2.04 bits per heavy atom. The first-order valence-electron chi connectivity index (χ1n) is 8.36. The van der Waals surface area contributed by atoms with Crippen molar-refractivity contribution in [3.05, 3.63) is 17.7 Å². The van der Waals surface area contributed by atoms with E-state index in [1.165, 1.54) is 5.56 Å². The Morgan fingerprint density at radius 1 is 0.960 bits per heavy atom. The van der Waals surface area contributed by atoms with E-state index >= 15 is 0 Å². The molecule has 1 heterocycles. The molecule has 1 N–H and O–H groups in total. The summed E-state index contributed by atoms with van der Waals surface area (Å²) >= 11 is 0. The average Bonchev–Trinajstić information content (AvgIpc) is 2.58. The van der Waals surface area contributed by atoms with Crippen LogP contribution in [-0.4, -0.2) is 52.4 Å². The second kappa shape index (κ2) is 11.7. The lowest BCUT2D eigenvalue weighted by Gasteiger charge is -2.37. The minimum atomic E-state index is 0. The molecule has 0 saturated carbocycles. The quantitative estimate of drug-likeness (QED) is 0.765. The summed E-state index contributed by atoms with van der Waals surface area (Å²) in [6.07, 6.45) is 1.09. The van der Waals surface area contributed by atoms with Gasteiger partial charge in [0.2, 0.25) is 5.75 Å². The van der Waals surface area contributed by atoms with E-state index in [1.807, 2.05) is 6.07 Å². The van der Waals surface area contributed by atoms with Gasteiger partial charge in [-0.3, -0.25) is 4.90 Å². The predicted molar refractivity (Wildman–Crippen MR) is 107 cm³/mol. The highest BCUT2D eigenvalue weighted by molar-refractivity contribution is 5.85. The Morgan fingerprint density at radius 2 is 1.56 bits per heavy atom. The summed E-state index contributed by atoms with van der Waals surface area (Å²) in [6, 6.07) is 4.42. The lowest BCUT2D eigenvalue weighted by atomic mass is 9.93. The van der Waals surface area contributed by atoms with E-state index in [2.05, 4.69) is 30.1 Å². The van der Waals surface area contributed by atoms with Gasteiger partial charge in [0.1, 0.15) is 0 Å². The van der Waals surface area contributed by atoms with Gasteiger partial charge < -0.3 is 19.5 Å². The van der Waals surface area contributed by atoms with Gasteiger partial charge in [-0.1, -0.05) is 13.8 Å². The number of benzene rings is 1. The first kappa shape index (κ1) is 24.1. The molecule has 25 heavy (non-hydrogen) atoms. The zero-order valence-electron chi connectivity index (χ0n) is 15.8. The SMILES string of the molecule is COc1ccc([C@@H](CC(C)C)N2CCNCC2)c(OC)c1OC.Cl.Cl. The second-order valence-corrected chi connectivity index (χ2v) is 6.35. The molecule has 0 aromatic heterocycles. The third-order valence-corrected chi connectivity index (χ3v) is 4.38. The lowest BCUT2D eigenvalue weighted by Crippen LogP contribution is -2.45. The van der Waals surface area contributed by atoms with E-state index in [1.54, 1.807) is 21.3 Å². The summed E-state index contributed by atoms with van der Waals surface area (Å²) in [5.74, 6) is 2.77. The highest BCUT2D eigenvalue weighted by atomic mass is 35.5. The van der Waals surface area contributed by atoms with Crippen molar-refractivity contribution < 1.29 is 14.2 Å². The van der Waals surface area contributed by atoms with Crippen LogP contribution in [0.15, 0.2) is 12.1 Å². The highest BCUT2D eigenvalue weighted by Gasteiger charge is 2.28. The van der Waals surface area contributed by atoms with E-state index in [0.717, 1.165) is 38.3 Å². The zero-order chi connectivity index (χ0) is 16.8. The maximum atomic E-state index is 5.72. The molecule has 0 amide bonds. The van der Waals surface area contributed by atoms with E-state index in [0.29, 0.717) is 23.5 Å². The van der Waals surface area contributed by atoms with Crippen LogP contribution in [0.25, 0.3) is 0 Å². The minimum absolute atomic E-state index is 0. The van der Waals surface area contributed by atoms with Gasteiger partial charge in [0.05, 0.1) is 21.3 Å². The van der Waals surface area contributed by atoms with Crippen LogP contribution >= 0.6 is 24.8 Å². The number of nitrogens with zero attached hydrogens (tertiary/aromatic N) is 1. The highest BCUT2D eigenvalue weighted by Crippen LogP contribution is 2.44. The Balaban J connectivity index is 0.00000288. The van der Waals surface area contributed by atoms with Crippen LogP contribution in [-0.2, 0) is 0 Å². The molecule has 5 nitrogen and oxygen atoms in total. The molecule has 1 aliphatic heterocycles. The first-order valence-corrected chi connectivity index (χ1v) is 8.36. The van der Waals surface area contributed by atoms with E-state index in [9.17, 15) is 0 Å². The average molecular weight is 395 g/mol. The van der Waals surface area contributed by atoms with E-state index in [-0.39, 0.29) is 24.8 Å². The smallest absolute Gasteiger partial charge is 0.203 e. The molecule has 0 radical (unpaired) electrons. The van der Waals surface area contributed by atoms with Crippen molar-refractivity contribution in [2.45, 2.75) is 26.3 Å². The van der Waals surface area contributed by atoms with Crippen molar-refractivity contribution in [2.75, 3.05) is 47.5 Å². The van der Waals surface area contributed by atoms with Crippen LogP contribution in [0, 0.1) is 5.92 Å². The molecule has 1 fully saturated rings. The Kier molecular flexibility index (Phi) is 11.3. The molecule has 146 valence electrons. The molecule has 0 spiro atoms. The zero-order valence-corrected chi connectivity index (χ0v) is 17.5. The summed E-state index contributed by atoms with van der Waals surface area (Å²) < 4.78 is 16.7. The summed E-state index contributed by atoms with van der Waals surface area (Å²) in [7, 11) is 5.01. The van der Waals surface area contributed by atoms with Crippen molar-refractivity contribution in [3.63, 3.8) is 0 Å². The lowest BCUT2D eigenvalue weighted by molar-refractivity contribution is 0.150. The summed E-state index contributed by atoms with van der Waals surface area (Å²) in [6.45, 7) is 8.70. The first-order chi connectivity index (χ1) is 11.1. The fourth-order valence-corrected chi connectivity index (χ4v) is 3.30. The van der Waals surface area contributed by atoms with E-state index in [4.69, 9.17) is 14.2 Å². The van der Waals surface area contributed by atoms with Crippen molar-refractivity contribution in [3.8, 4) is 17.2 Å². The molecule has 0 bridgehead atoms. The Bertz CT molecular complexity index is 509. The van der Waals surface area contributed by atoms with Gasteiger partial charge in [-0.05, 0) is 24.5 Å². The fourth-order valence-electron chi connectivity index (χ4n) is 3.30. The largest absolute Gasteiger partial charge is 0.493 e. The molecular formula is C18H32Cl2N2O3. The Labute approximate surface area is 164 Å². The predicted octanol–water partition coefficient (Wildman–Crippen LogP) is 3.55. The Hall–Kier alpha value is -0.880. The van der Waals surface area contributed by atoms with Crippen LogP contribution < -0.4 is 19.5 Å². The van der Waals surface area contributed by atoms with Crippen LogP contribution in [0.4, 0.5) is 0 Å². The van der Waals surface area contributed by atoms with Gasteiger partial charge in [-0.25, -0.2) is 0 Å². The number of hydrogen-bond acceptors (Lipinski definition) is 5. The number of hydrogen-bond donors (Lipinski definition) is 1. The topological polar surface area (TPSA) is 43.0 Å². The molecule has 1 atom stereocenters. The molecule has 0 unspecified atom stereocenters. The maximum Gasteiger partial charge on any atom is 0.203 e. The number of piperazine rings is 1. The number of ether oxygens (including phenoxy) is 3. The normalized spacial score (nSPS) is 15.8. The van der Waals surface area contributed by atoms with E-state index < -0.39 is 0 Å². The van der Waals surface area contributed by atoms with Gasteiger partial charge in [-0.15, -0.1) is 24.8 Å². The monoisotopic (exact) mass is 394 g/mol. The summed E-state index contributed by atoms with van der Waals surface area (Å²) in [4.78, 5) is 2.54. The minimum Gasteiger partial charge on any atom is -0.493 e.